The maximum atomic E-state index is 2.49. The van der Waals surface area contributed by atoms with Crippen molar-refractivity contribution in [2.24, 2.45) is 0 Å². The fourth-order valence-corrected chi connectivity index (χ4v) is 10.8. The molecule has 0 aliphatic heterocycles. The van der Waals surface area contributed by atoms with Crippen molar-refractivity contribution < 1.29 is 0 Å². The van der Waals surface area contributed by atoms with Crippen LogP contribution in [0.4, 0.5) is 0 Å². The van der Waals surface area contributed by atoms with Crippen LogP contribution in [0.5, 0.6) is 0 Å². The van der Waals surface area contributed by atoms with Crippen molar-refractivity contribution in [1.82, 2.24) is 9.13 Å². The Bertz CT molecular complexity index is 4030. The summed E-state index contributed by atoms with van der Waals surface area (Å²) < 4.78 is 4.89. The van der Waals surface area contributed by atoms with Gasteiger partial charge in [-0.3, -0.25) is 0 Å². The summed E-state index contributed by atoms with van der Waals surface area (Å²) in [5, 5.41) is 12.6. The van der Waals surface area contributed by atoms with Crippen LogP contribution in [-0.4, -0.2) is 9.13 Å². The Balaban J connectivity index is 0.910. The first-order chi connectivity index (χ1) is 30.7. The van der Waals surface area contributed by atoms with Crippen LogP contribution in [0.3, 0.4) is 0 Å². The van der Waals surface area contributed by atoms with Gasteiger partial charge in [0.2, 0.25) is 0 Å². The first-order valence-corrected chi connectivity index (χ1v) is 21.5. The SMILES string of the molecule is c1ccc(-n2c3ccccc3c3ccc(-c4ccc5c(c4)c4ccc6ccccc6c4n5-c4ccc5cc(-c6ccc7c(c6)-c6cccc8cccc-7c68)ccc5c4)cc32)cc1. The molecule has 1 aliphatic rings. The minimum Gasteiger partial charge on any atom is -0.309 e. The predicted octanol–water partition coefficient (Wildman–Crippen LogP) is 16.3. The number of rotatable bonds is 4. The van der Waals surface area contributed by atoms with Crippen LogP contribution in [0.1, 0.15) is 0 Å². The molecule has 0 saturated carbocycles. The molecular weight excluding hydrogens is 749 g/mol. The molecule has 2 heterocycles. The Labute approximate surface area is 357 Å². The second kappa shape index (κ2) is 12.7. The quantitative estimate of drug-likeness (QED) is 0.168. The van der Waals surface area contributed by atoms with E-state index in [-0.39, 0.29) is 0 Å². The van der Waals surface area contributed by atoms with Gasteiger partial charge in [-0.25, -0.2) is 0 Å². The molecular formula is C60H36N2. The van der Waals surface area contributed by atoms with Gasteiger partial charge in [-0.1, -0.05) is 158 Å². The Kier molecular flexibility index (Phi) is 6.86. The lowest BCUT2D eigenvalue weighted by Gasteiger charge is -2.12. The Morgan fingerprint density at radius 2 is 0.855 bits per heavy atom. The molecule has 13 aromatic rings. The Morgan fingerprint density at radius 1 is 0.242 bits per heavy atom. The minimum absolute atomic E-state index is 1.16. The zero-order valence-electron chi connectivity index (χ0n) is 33.7. The highest BCUT2D eigenvalue weighted by Gasteiger charge is 2.22. The normalized spacial score (nSPS) is 12.2. The third kappa shape index (κ3) is 4.75. The van der Waals surface area contributed by atoms with Crippen LogP contribution in [-0.2, 0) is 0 Å². The van der Waals surface area contributed by atoms with E-state index >= 15 is 0 Å². The number of fused-ring (bicyclic) bond motifs is 12. The van der Waals surface area contributed by atoms with E-state index in [0.29, 0.717) is 0 Å². The average Bonchev–Trinajstić information content (AvgIpc) is 3.97. The van der Waals surface area contributed by atoms with Gasteiger partial charge in [-0.2, -0.15) is 0 Å². The van der Waals surface area contributed by atoms with Gasteiger partial charge in [0.1, 0.15) is 0 Å². The molecule has 0 fully saturated rings. The van der Waals surface area contributed by atoms with Gasteiger partial charge >= 0.3 is 0 Å². The second-order valence-electron chi connectivity index (χ2n) is 16.9. The van der Waals surface area contributed by atoms with Gasteiger partial charge in [0.05, 0.1) is 22.1 Å². The zero-order valence-corrected chi connectivity index (χ0v) is 33.7. The maximum absolute atomic E-state index is 2.49. The van der Waals surface area contributed by atoms with E-state index in [1.807, 2.05) is 0 Å². The van der Waals surface area contributed by atoms with E-state index in [1.165, 1.54) is 126 Å². The van der Waals surface area contributed by atoms with Crippen LogP contribution in [0, 0.1) is 0 Å². The molecule has 0 radical (unpaired) electrons. The number of para-hydroxylation sites is 2. The Morgan fingerprint density at radius 3 is 1.76 bits per heavy atom. The summed E-state index contributed by atoms with van der Waals surface area (Å²) in [5.41, 5.74) is 17.4. The molecule has 2 nitrogen and oxygen atoms in total. The lowest BCUT2D eigenvalue weighted by molar-refractivity contribution is 1.18. The van der Waals surface area contributed by atoms with Crippen LogP contribution in [0.2, 0.25) is 0 Å². The first kappa shape index (κ1) is 33.6. The van der Waals surface area contributed by atoms with Gasteiger partial charge in [-0.05, 0) is 132 Å². The van der Waals surface area contributed by atoms with Gasteiger partial charge in [-0.15, -0.1) is 0 Å². The molecule has 11 aromatic carbocycles. The summed E-state index contributed by atoms with van der Waals surface area (Å²) in [6.45, 7) is 0. The molecule has 0 bridgehead atoms. The summed E-state index contributed by atoms with van der Waals surface area (Å²) in [7, 11) is 0. The van der Waals surface area contributed by atoms with E-state index in [2.05, 4.69) is 228 Å². The van der Waals surface area contributed by atoms with Crippen LogP contribution >= 0.6 is 0 Å². The van der Waals surface area contributed by atoms with E-state index < -0.39 is 0 Å². The lowest BCUT2D eigenvalue weighted by atomic mass is 9.96. The van der Waals surface area contributed by atoms with Crippen LogP contribution in [0.15, 0.2) is 218 Å². The highest BCUT2D eigenvalue weighted by atomic mass is 15.0. The fraction of sp³-hybridized carbons (Fsp3) is 0. The molecule has 14 rings (SSSR count). The van der Waals surface area contributed by atoms with Gasteiger partial charge < -0.3 is 9.13 Å². The molecule has 0 saturated heterocycles. The molecule has 62 heavy (non-hydrogen) atoms. The summed E-state index contributed by atoms with van der Waals surface area (Å²) in [6, 6.07) is 81.1. The summed E-state index contributed by atoms with van der Waals surface area (Å²) >= 11 is 0. The standard InChI is InChI=1S/C60H36N2/c1-2-13-45(14-3-1)61-56-19-7-6-16-49(56)50-29-25-44(36-58(50)61)43-26-31-57-55(35-43)53-30-23-37-10-4-5-15-47(37)60(53)62(57)46-27-22-40-32-39(20-21-41(40)33-46)42-24-28-48-51-17-8-11-38-12-9-18-52(59(38)51)54(48)34-42/h1-36H. The van der Waals surface area contributed by atoms with Gasteiger partial charge in [0, 0.05) is 38.3 Å². The van der Waals surface area contributed by atoms with Crippen molar-refractivity contribution in [3.05, 3.63) is 218 Å². The summed E-state index contributed by atoms with van der Waals surface area (Å²) in [4.78, 5) is 0. The molecule has 0 N–H and O–H groups in total. The predicted molar refractivity (Wildman–Crippen MR) is 263 cm³/mol. The topological polar surface area (TPSA) is 9.86 Å². The number of aromatic nitrogens is 2. The van der Waals surface area contributed by atoms with Gasteiger partial charge in [0.15, 0.2) is 0 Å². The van der Waals surface area contributed by atoms with Crippen molar-refractivity contribution in [2.45, 2.75) is 0 Å². The van der Waals surface area contributed by atoms with Crippen molar-refractivity contribution in [3.8, 4) is 55.9 Å². The summed E-state index contributed by atoms with van der Waals surface area (Å²) in [5.74, 6) is 0. The van der Waals surface area contributed by atoms with Crippen LogP contribution in [0.25, 0.3) is 132 Å². The molecule has 1 aliphatic carbocycles. The number of nitrogens with zero attached hydrogens (tertiary/aromatic N) is 2. The smallest absolute Gasteiger partial charge is 0.0619 e. The monoisotopic (exact) mass is 784 g/mol. The number of hydrogen-bond acceptors (Lipinski definition) is 0. The molecule has 286 valence electrons. The molecule has 2 heteroatoms. The number of hydrogen-bond donors (Lipinski definition) is 0. The third-order valence-electron chi connectivity index (χ3n) is 13.6. The molecule has 0 spiro atoms. The fourth-order valence-electron chi connectivity index (χ4n) is 10.8. The minimum atomic E-state index is 1.16. The molecule has 0 atom stereocenters. The first-order valence-electron chi connectivity index (χ1n) is 21.5. The third-order valence-corrected chi connectivity index (χ3v) is 13.6. The average molecular weight is 785 g/mol. The van der Waals surface area contributed by atoms with E-state index in [1.54, 1.807) is 0 Å². The highest BCUT2D eigenvalue weighted by Crippen LogP contribution is 2.48. The highest BCUT2D eigenvalue weighted by molar-refractivity contribution is 6.20. The van der Waals surface area contributed by atoms with Gasteiger partial charge in [0.25, 0.3) is 0 Å². The van der Waals surface area contributed by atoms with Crippen molar-refractivity contribution in [1.29, 1.82) is 0 Å². The Hall–Kier alpha value is -8.20. The number of benzene rings is 11. The summed E-state index contributed by atoms with van der Waals surface area (Å²) in [6.07, 6.45) is 0. The second-order valence-corrected chi connectivity index (χ2v) is 16.9. The van der Waals surface area contributed by atoms with Crippen molar-refractivity contribution in [3.63, 3.8) is 0 Å². The van der Waals surface area contributed by atoms with E-state index in [4.69, 9.17) is 0 Å². The zero-order chi connectivity index (χ0) is 40.5. The van der Waals surface area contributed by atoms with Crippen LogP contribution < -0.4 is 0 Å². The largest absolute Gasteiger partial charge is 0.309 e. The lowest BCUT2D eigenvalue weighted by Crippen LogP contribution is -1.95. The maximum Gasteiger partial charge on any atom is 0.0619 e. The molecule has 2 aromatic heterocycles. The van der Waals surface area contributed by atoms with E-state index in [0.717, 1.165) is 5.69 Å². The molecule has 0 amide bonds. The van der Waals surface area contributed by atoms with Crippen molar-refractivity contribution in [2.75, 3.05) is 0 Å². The molecule has 0 unspecified atom stereocenters. The van der Waals surface area contributed by atoms with E-state index in [9.17, 15) is 0 Å². The van der Waals surface area contributed by atoms with Crippen molar-refractivity contribution >= 4 is 75.9 Å².